The molecule has 20 heavy (non-hydrogen) atoms. The summed E-state index contributed by atoms with van der Waals surface area (Å²) >= 11 is 0. The number of hydrogen-bond acceptors (Lipinski definition) is 1. The average Bonchev–Trinajstić information content (AvgIpc) is 2.48. The Labute approximate surface area is 120 Å². The van der Waals surface area contributed by atoms with Crippen LogP contribution in [0.4, 0.5) is 0 Å². The van der Waals surface area contributed by atoms with Gasteiger partial charge < -0.3 is 5.32 Å². The van der Waals surface area contributed by atoms with Crippen molar-refractivity contribution in [3.05, 3.63) is 60.2 Å². The van der Waals surface area contributed by atoms with Crippen LogP contribution in [-0.2, 0) is 0 Å². The van der Waals surface area contributed by atoms with Crippen LogP contribution in [0.2, 0.25) is 0 Å². The second kappa shape index (κ2) is 6.38. The Kier molecular flexibility index (Phi) is 4.57. The third-order valence-electron chi connectivity index (χ3n) is 3.61. The fourth-order valence-electron chi connectivity index (χ4n) is 1.90. The molecule has 0 aliphatic rings. The fraction of sp³-hybridized carbons (Fsp3) is 0.278. The quantitative estimate of drug-likeness (QED) is 0.886. The first-order chi connectivity index (χ1) is 9.58. The summed E-state index contributed by atoms with van der Waals surface area (Å²) < 4.78 is 0. The number of hydrogen-bond donors (Lipinski definition) is 1. The molecule has 104 valence electrons. The zero-order chi connectivity index (χ0) is 14.5. The molecule has 0 heterocycles. The molecule has 1 amide bonds. The van der Waals surface area contributed by atoms with E-state index in [4.69, 9.17) is 0 Å². The van der Waals surface area contributed by atoms with Crippen molar-refractivity contribution in [2.24, 2.45) is 5.92 Å². The number of rotatable bonds is 4. The summed E-state index contributed by atoms with van der Waals surface area (Å²) in [6, 6.07) is 18.1. The van der Waals surface area contributed by atoms with Gasteiger partial charge in [0.1, 0.15) is 0 Å². The molecule has 0 fully saturated rings. The first-order valence-electron chi connectivity index (χ1n) is 7.04. The summed E-state index contributed by atoms with van der Waals surface area (Å²) in [5.74, 6) is 0.424. The van der Waals surface area contributed by atoms with Gasteiger partial charge in [0.15, 0.2) is 0 Å². The predicted octanol–water partition coefficient (Wildman–Crippen LogP) is 4.13. The van der Waals surface area contributed by atoms with E-state index in [1.165, 1.54) is 0 Å². The van der Waals surface area contributed by atoms with Gasteiger partial charge in [-0.15, -0.1) is 0 Å². The molecular formula is C18H21NO. The minimum absolute atomic E-state index is 0.00851. The number of carbonyl (C=O) groups excluding carboxylic acids is 1. The standard InChI is InChI=1S/C18H21NO/c1-13(2)14(3)19-18(20)17-11-9-16(10-12-17)15-7-5-4-6-8-15/h4-14H,1-3H3,(H,19,20). The SMILES string of the molecule is CC(C)C(C)NC(=O)c1ccc(-c2ccccc2)cc1. The monoisotopic (exact) mass is 267 g/mol. The third kappa shape index (κ3) is 3.47. The van der Waals surface area contributed by atoms with Gasteiger partial charge in [-0.05, 0) is 36.1 Å². The van der Waals surface area contributed by atoms with Gasteiger partial charge >= 0.3 is 0 Å². The topological polar surface area (TPSA) is 29.1 Å². The zero-order valence-electron chi connectivity index (χ0n) is 12.3. The highest BCUT2D eigenvalue weighted by Crippen LogP contribution is 2.19. The van der Waals surface area contributed by atoms with Crippen molar-refractivity contribution in [1.82, 2.24) is 5.32 Å². The maximum absolute atomic E-state index is 12.1. The lowest BCUT2D eigenvalue weighted by molar-refractivity contribution is 0.0930. The highest BCUT2D eigenvalue weighted by molar-refractivity contribution is 5.94. The van der Waals surface area contributed by atoms with Crippen molar-refractivity contribution in [3.8, 4) is 11.1 Å². The van der Waals surface area contributed by atoms with E-state index in [0.29, 0.717) is 11.5 Å². The van der Waals surface area contributed by atoms with E-state index in [2.05, 4.69) is 31.3 Å². The van der Waals surface area contributed by atoms with E-state index in [1.807, 2.05) is 49.4 Å². The number of nitrogens with one attached hydrogen (secondary N) is 1. The predicted molar refractivity (Wildman–Crippen MR) is 83.6 cm³/mol. The van der Waals surface area contributed by atoms with Crippen LogP contribution in [0.3, 0.4) is 0 Å². The van der Waals surface area contributed by atoms with Crippen molar-refractivity contribution in [1.29, 1.82) is 0 Å². The second-order valence-corrected chi connectivity index (χ2v) is 5.45. The molecule has 2 aromatic carbocycles. The lowest BCUT2D eigenvalue weighted by Gasteiger charge is -2.17. The molecule has 1 unspecified atom stereocenters. The van der Waals surface area contributed by atoms with Gasteiger partial charge in [0.25, 0.3) is 5.91 Å². The number of benzene rings is 2. The van der Waals surface area contributed by atoms with Crippen LogP contribution in [0.1, 0.15) is 31.1 Å². The van der Waals surface area contributed by atoms with Gasteiger partial charge in [-0.25, -0.2) is 0 Å². The molecule has 0 saturated heterocycles. The first kappa shape index (κ1) is 14.3. The maximum Gasteiger partial charge on any atom is 0.251 e. The summed E-state index contributed by atoms with van der Waals surface area (Å²) in [4.78, 5) is 12.1. The van der Waals surface area contributed by atoms with Crippen molar-refractivity contribution < 1.29 is 4.79 Å². The Morgan fingerprint density at radius 3 is 1.95 bits per heavy atom. The smallest absolute Gasteiger partial charge is 0.251 e. The average molecular weight is 267 g/mol. The summed E-state index contributed by atoms with van der Waals surface area (Å²) in [6.45, 7) is 6.23. The van der Waals surface area contributed by atoms with Crippen LogP contribution in [0.5, 0.6) is 0 Å². The number of amides is 1. The van der Waals surface area contributed by atoms with Crippen molar-refractivity contribution in [2.75, 3.05) is 0 Å². The largest absolute Gasteiger partial charge is 0.349 e. The van der Waals surface area contributed by atoms with E-state index in [1.54, 1.807) is 0 Å². The molecule has 1 atom stereocenters. The molecule has 2 nitrogen and oxygen atoms in total. The Hall–Kier alpha value is -2.09. The molecule has 0 aliphatic carbocycles. The highest BCUT2D eigenvalue weighted by Gasteiger charge is 2.12. The van der Waals surface area contributed by atoms with Crippen LogP contribution < -0.4 is 5.32 Å². The van der Waals surface area contributed by atoms with E-state index in [0.717, 1.165) is 11.1 Å². The molecule has 0 radical (unpaired) electrons. The van der Waals surface area contributed by atoms with Gasteiger partial charge in [-0.2, -0.15) is 0 Å². The maximum atomic E-state index is 12.1. The molecule has 0 saturated carbocycles. The van der Waals surface area contributed by atoms with E-state index in [9.17, 15) is 4.79 Å². The van der Waals surface area contributed by atoms with Crippen LogP contribution in [0.25, 0.3) is 11.1 Å². The summed E-state index contributed by atoms with van der Waals surface area (Å²) in [7, 11) is 0. The minimum Gasteiger partial charge on any atom is -0.349 e. The fourth-order valence-corrected chi connectivity index (χ4v) is 1.90. The van der Waals surface area contributed by atoms with E-state index < -0.39 is 0 Å². The normalized spacial score (nSPS) is 12.2. The van der Waals surface area contributed by atoms with Gasteiger partial charge in [-0.1, -0.05) is 56.3 Å². The Morgan fingerprint density at radius 2 is 1.40 bits per heavy atom. The van der Waals surface area contributed by atoms with Gasteiger partial charge in [0, 0.05) is 11.6 Å². The van der Waals surface area contributed by atoms with Crippen molar-refractivity contribution in [3.63, 3.8) is 0 Å². The zero-order valence-corrected chi connectivity index (χ0v) is 12.3. The van der Waals surface area contributed by atoms with E-state index >= 15 is 0 Å². The summed E-state index contributed by atoms with van der Waals surface area (Å²) in [5.41, 5.74) is 2.99. The van der Waals surface area contributed by atoms with Crippen LogP contribution in [-0.4, -0.2) is 11.9 Å². The lowest BCUT2D eigenvalue weighted by atomic mass is 10.0. The summed E-state index contributed by atoms with van der Waals surface area (Å²) in [6.07, 6.45) is 0. The highest BCUT2D eigenvalue weighted by atomic mass is 16.1. The van der Waals surface area contributed by atoms with Gasteiger partial charge in [0.05, 0.1) is 0 Å². The Morgan fingerprint density at radius 1 is 0.850 bits per heavy atom. The lowest BCUT2D eigenvalue weighted by Crippen LogP contribution is -2.36. The van der Waals surface area contributed by atoms with Crippen molar-refractivity contribution >= 4 is 5.91 Å². The number of carbonyl (C=O) groups is 1. The molecule has 1 N–H and O–H groups in total. The van der Waals surface area contributed by atoms with Crippen molar-refractivity contribution in [2.45, 2.75) is 26.8 Å². The second-order valence-electron chi connectivity index (χ2n) is 5.45. The van der Waals surface area contributed by atoms with E-state index in [-0.39, 0.29) is 11.9 Å². The minimum atomic E-state index is -0.00851. The Bertz CT molecular complexity index is 558. The molecule has 0 spiro atoms. The molecule has 2 heteroatoms. The molecule has 0 aromatic heterocycles. The Balaban J connectivity index is 2.11. The van der Waals surface area contributed by atoms with Gasteiger partial charge in [-0.3, -0.25) is 4.79 Å². The molecule has 0 bridgehead atoms. The third-order valence-corrected chi connectivity index (χ3v) is 3.61. The first-order valence-corrected chi connectivity index (χ1v) is 7.04. The molecular weight excluding hydrogens is 246 g/mol. The van der Waals surface area contributed by atoms with Crippen LogP contribution in [0.15, 0.2) is 54.6 Å². The molecule has 2 aromatic rings. The van der Waals surface area contributed by atoms with Crippen LogP contribution in [0, 0.1) is 5.92 Å². The molecule has 0 aliphatic heterocycles. The molecule has 2 rings (SSSR count). The van der Waals surface area contributed by atoms with Crippen LogP contribution >= 0.6 is 0 Å². The van der Waals surface area contributed by atoms with Gasteiger partial charge in [0.2, 0.25) is 0 Å². The summed E-state index contributed by atoms with van der Waals surface area (Å²) in [5, 5.41) is 3.02.